The molecule has 0 spiro atoms. The van der Waals surface area contributed by atoms with Crippen molar-refractivity contribution in [2.45, 2.75) is 32.6 Å². The van der Waals surface area contributed by atoms with Crippen LogP contribution in [0.5, 0.6) is 0 Å². The van der Waals surface area contributed by atoms with E-state index in [1.165, 1.54) is 0 Å². The molecular formula is C15H19ClN2O. The van der Waals surface area contributed by atoms with E-state index in [1.54, 1.807) is 0 Å². The topological polar surface area (TPSA) is 33.2 Å². The van der Waals surface area contributed by atoms with Gasteiger partial charge in [-0.1, -0.05) is 25.4 Å². The average molecular weight is 279 g/mol. The molecule has 0 radical (unpaired) electrons. The van der Waals surface area contributed by atoms with Crippen molar-refractivity contribution in [3.63, 3.8) is 0 Å². The Morgan fingerprint density at radius 3 is 2.84 bits per heavy atom. The molecular weight excluding hydrogens is 260 g/mol. The minimum Gasteiger partial charge on any atom is -0.354 e. The highest BCUT2D eigenvalue weighted by atomic mass is 35.5. The van der Waals surface area contributed by atoms with Gasteiger partial charge in [0.25, 0.3) is 0 Å². The van der Waals surface area contributed by atoms with Gasteiger partial charge in [-0.2, -0.15) is 0 Å². The van der Waals surface area contributed by atoms with Gasteiger partial charge in [-0.25, -0.2) is 4.98 Å². The summed E-state index contributed by atoms with van der Waals surface area (Å²) in [7, 11) is 0. The third kappa shape index (κ3) is 2.25. The minimum absolute atomic E-state index is 0.211. The highest BCUT2D eigenvalue weighted by molar-refractivity contribution is 6.33. The fourth-order valence-electron chi connectivity index (χ4n) is 3.21. The number of fused-ring (bicyclic) bond motifs is 1. The Bertz CT molecular complexity index is 515. The summed E-state index contributed by atoms with van der Waals surface area (Å²) in [5.41, 5.74) is 1.16. The molecule has 1 aromatic rings. The lowest BCUT2D eigenvalue weighted by molar-refractivity contribution is -0.120. The molecule has 4 heteroatoms. The smallest absolute Gasteiger partial charge is 0.147 e. The number of carbonyl (C=O) groups is 1. The van der Waals surface area contributed by atoms with Crippen molar-refractivity contribution in [1.29, 1.82) is 0 Å². The average Bonchev–Trinajstić information content (AvgIpc) is 2.92. The lowest BCUT2D eigenvalue weighted by Crippen LogP contribution is -2.23. The first-order valence-electron chi connectivity index (χ1n) is 6.99. The largest absolute Gasteiger partial charge is 0.354 e. The molecule has 2 atom stereocenters. The molecule has 1 saturated heterocycles. The van der Waals surface area contributed by atoms with Crippen LogP contribution in [0, 0.1) is 11.8 Å². The summed E-state index contributed by atoms with van der Waals surface area (Å²) in [6.07, 6.45) is 3.69. The molecule has 0 aromatic carbocycles. The Hall–Kier alpha value is -1.09. The van der Waals surface area contributed by atoms with Crippen molar-refractivity contribution in [2.75, 3.05) is 18.0 Å². The number of halogens is 1. The molecule has 0 amide bonds. The van der Waals surface area contributed by atoms with Crippen LogP contribution in [-0.4, -0.2) is 23.9 Å². The first-order valence-corrected chi connectivity index (χ1v) is 7.37. The molecule has 1 saturated carbocycles. The highest BCUT2D eigenvalue weighted by Gasteiger charge is 2.42. The molecule has 1 aliphatic heterocycles. The molecule has 102 valence electrons. The molecule has 2 unspecified atom stereocenters. The Labute approximate surface area is 119 Å². The number of Topliss-reactive ketones (excluding diaryl/α,β-unsaturated/α-hetero) is 1. The summed E-state index contributed by atoms with van der Waals surface area (Å²) in [6.45, 7) is 5.97. The molecule has 2 heterocycles. The number of pyridine rings is 1. The van der Waals surface area contributed by atoms with Crippen molar-refractivity contribution >= 4 is 23.2 Å². The maximum Gasteiger partial charge on any atom is 0.147 e. The van der Waals surface area contributed by atoms with Gasteiger partial charge in [-0.15, -0.1) is 0 Å². The summed E-state index contributed by atoms with van der Waals surface area (Å²) in [5, 5.41) is 0.707. The van der Waals surface area contributed by atoms with Crippen molar-refractivity contribution < 1.29 is 4.79 Å². The Balaban J connectivity index is 1.82. The van der Waals surface area contributed by atoms with Crippen LogP contribution in [0.3, 0.4) is 0 Å². The monoisotopic (exact) mass is 278 g/mol. The summed E-state index contributed by atoms with van der Waals surface area (Å²) in [6, 6.07) is 2.00. The van der Waals surface area contributed by atoms with Gasteiger partial charge in [0.15, 0.2) is 0 Å². The van der Waals surface area contributed by atoms with E-state index < -0.39 is 0 Å². The van der Waals surface area contributed by atoms with E-state index in [4.69, 9.17) is 11.6 Å². The van der Waals surface area contributed by atoms with Crippen molar-refractivity contribution in [3.05, 3.63) is 22.8 Å². The number of carbonyl (C=O) groups excluding carboxylic acids is 1. The standard InChI is InChI=1S/C15H19ClN2O/c1-9(2)11-5-13(16)15(17-6-11)18-7-10-3-4-14(19)12(10)8-18/h5-6,9-10,12H,3-4,7-8H2,1-2H3. The van der Waals surface area contributed by atoms with Gasteiger partial charge in [0, 0.05) is 31.6 Å². The predicted molar refractivity (Wildman–Crippen MR) is 76.8 cm³/mol. The zero-order valence-electron chi connectivity index (χ0n) is 11.4. The number of ketones is 1. The first kappa shape index (κ1) is 12.9. The van der Waals surface area contributed by atoms with E-state index in [9.17, 15) is 4.79 Å². The van der Waals surface area contributed by atoms with E-state index in [2.05, 4.69) is 23.7 Å². The molecule has 2 aliphatic rings. The van der Waals surface area contributed by atoms with Gasteiger partial charge in [0.05, 0.1) is 5.02 Å². The van der Waals surface area contributed by atoms with Crippen molar-refractivity contribution in [3.8, 4) is 0 Å². The zero-order chi connectivity index (χ0) is 13.6. The van der Waals surface area contributed by atoms with E-state index in [0.717, 1.165) is 37.3 Å². The van der Waals surface area contributed by atoms with Crippen LogP contribution in [0.1, 0.15) is 38.2 Å². The van der Waals surface area contributed by atoms with Gasteiger partial charge in [0.2, 0.25) is 0 Å². The third-order valence-corrected chi connectivity index (χ3v) is 4.70. The molecule has 0 bridgehead atoms. The van der Waals surface area contributed by atoms with Crippen LogP contribution in [0.4, 0.5) is 5.82 Å². The van der Waals surface area contributed by atoms with Crippen LogP contribution in [0.25, 0.3) is 0 Å². The van der Waals surface area contributed by atoms with Gasteiger partial charge in [-0.3, -0.25) is 4.79 Å². The van der Waals surface area contributed by atoms with Gasteiger partial charge in [-0.05, 0) is 29.9 Å². The molecule has 0 N–H and O–H groups in total. The Morgan fingerprint density at radius 1 is 1.42 bits per heavy atom. The van der Waals surface area contributed by atoms with Gasteiger partial charge in [0.1, 0.15) is 11.6 Å². The van der Waals surface area contributed by atoms with Crippen LogP contribution < -0.4 is 4.90 Å². The maximum absolute atomic E-state index is 11.8. The number of aromatic nitrogens is 1. The fraction of sp³-hybridized carbons (Fsp3) is 0.600. The summed E-state index contributed by atoms with van der Waals surface area (Å²) in [4.78, 5) is 18.5. The van der Waals surface area contributed by atoms with E-state index in [-0.39, 0.29) is 5.92 Å². The second-order valence-corrected chi connectivity index (χ2v) is 6.41. The molecule has 1 aliphatic carbocycles. The Kier molecular flexibility index (Phi) is 3.25. The van der Waals surface area contributed by atoms with Gasteiger partial charge < -0.3 is 4.90 Å². The van der Waals surface area contributed by atoms with E-state index >= 15 is 0 Å². The molecule has 3 nitrogen and oxygen atoms in total. The zero-order valence-corrected chi connectivity index (χ0v) is 12.2. The first-order chi connectivity index (χ1) is 9.06. The lowest BCUT2D eigenvalue weighted by atomic mass is 10.0. The number of nitrogens with zero attached hydrogens (tertiary/aromatic N) is 2. The summed E-state index contributed by atoms with van der Waals surface area (Å²) >= 11 is 6.36. The van der Waals surface area contributed by atoms with Gasteiger partial charge >= 0.3 is 0 Å². The van der Waals surface area contributed by atoms with Crippen molar-refractivity contribution in [2.24, 2.45) is 11.8 Å². The number of hydrogen-bond donors (Lipinski definition) is 0. The summed E-state index contributed by atoms with van der Waals surface area (Å²) in [5.74, 6) is 2.41. The van der Waals surface area contributed by atoms with Crippen LogP contribution in [-0.2, 0) is 4.79 Å². The lowest BCUT2D eigenvalue weighted by Gasteiger charge is -2.20. The normalized spacial score (nSPS) is 26.3. The molecule has 1 aromatic heterocycles. The van der Waals surface area contributed by atoms with Crippen LogP contribution in [0.15, 0.2) is 12.3 Å². The summed E-state index contributed by atoms with van der Waals surface area (Å²) < 4.78 is 0. The fourth-order valence-corrected chi connectivity index (χ4v) is 3.50. The third-order valence-electron chi connectivity index (χ3n) is 4.43. The van der Waals surface area contributed by atoms with E-state index in [0.29, 0.717) is 22.6 Å². The van der Waals surface area contributed by atoms with Crippen LogP contribution >= 0.6 is 11.6 Å². The van der Waals surface area contributed by atoms with E-state index in [1.807, 2.05) is 12.3 Å². The second kappa shape index (κ2) is 4.78. The second-order valence-electron chi connectivity index (χ2n) is 6.01. The molecule has 2 fully saturated rings. The maximum atomic E-state index is 11.8. The number of rotatable bonds is 2. The quantitative estimate of drug-likeness (QED) is 0.832. The van der Waals surface area contributed by atoms with Crippen LogP contribution in [0.2, 0.25) is 5.02 Å². The Morgan fingerprint density at radius 2 is 2.21 bits per heavy atom. The SMILES string of the molecule is CC(C)c1cnc(N2CC3CCC(=O)C3C2)c(Cl)c1. The number of anilines is 1. The highest BCUT2D eigenvalue weighted by Crippen LogP contribution is 2.39. The minimum atomic E-state index is 0.211. The van der Waals surface area contributed by atoms with Crippen molar-refractivity contribution in [1.82, 2.24) is 4.98 Å². The number of hydrogen-bond acceptors (Lipinski definition) is 3. The molecule has 3 rings (SSSR count). The molecule has 19 heavy (non-hydrogen) atoms. The predicted octanol–water partition coefficient (Wildman–Crippen LogP) is 3.27.